The molecule has 0 aliphatic rings. The lowest BCUT2D eigenvalue weighted by Crippen LogP contribution is -2.43. The third-order valence-corrected chi connectivity index (χ3v) is 10.3. The highest BCUT2D eigenvalue weighted by Gasteiger charge is 2.41. The zero-order valence-electron chi connectivity index (χ0n) is 14.1. The van der Waals surface area contributed by atoms with E-state index in [0.29, 0.717) is 16.6 Å². The van der Waals surface area contributed by atoms with E-state index in [1.165, 1.54) is 0 Å². The first-order valence-corrected chi connectivity index (χ1v) is 9.89. The van der Waals surface area contributed by atoms with Crippen molar-refractivity contribution in [3.63, 3.8) is 0 Å². The Morgan fingerprint density at radius 2 is 1.45 bits per heavy atom. The molecular weight excluding hydrogens is 260 g/mol. The molecule has 1 unspecified atom stereocenters. The smallest absolute Gasteiger partial charge is 0.147 e. The van der Waals surface area contributed by atoms with Gasteiger partial charge in [-0.25, -0.2) is 0 Å². The third-order valence-electron chi connectivity index (χ3n) is 3.98. The molecule has 0 amide bonds. The molecule has 1 N–H and O–H groups in total. The van der Waals surface area contributed by atoms with Crippen molar-refractivity contribution < 1.29 is 5.11 Å². The zero-order chi connectivity index (χ0) is 15.8. The van der Waals surface area contributed by atoms with E-state index in [1.807, 2.05) is 13.0 Å². The van der Waals surface area contributed by atoms with E-state index in [1.54, 1.807) is 6.08 Å². The van der Waals surface area contributed by atoms with Gasteiger partial charge in [-0.05, 0) is 41.0 Å². The van der Waals surface area contributed by atoms with E-state index in [2.05, 4.69) is 64.8 Å². The molecule has 20 heavy (non-hydrogen) atoms. The fourth-order valence-corrected chi connectivity index (χ4v) is 8.14. The largest absolute Gasteiger partial charge is 0.377 e. The second-order valence-electron chi connectivity index (χ2n) is 6.20. The van der Waals surface area contributed by atoms with Gasteiger partial charge in [0.25, 0.3) is 0 Å². The van der Waals surface area contributed by atoms with Crippen molar-refractivity contribution in [1.82, 2.24) is 0 Å². The Balaban J connectivity index is 5.19. The standard InChI is InChI=1S/C18H30OSi/c1-8-9-12-18(19)13-10-11-14-20(15(2)3,16(4)5)17(6)7/h9,12,15-19H,8H2,1-7H3/b12-9+. The lowest BCUT2D eigenvalue weighted by atomic mass is 10.3. The van der Waals surface area contributed by atoms with Gasteiger partial charge in [-0.1, -0.05) is 60.5 Å². The zero-order valence-corrected chi connectivity index (χ0v) is 15.1. The minimum atomic E-state index is -1.69. The van der Waals surface area contributed by atoms with Crippen LogP contribution in [0.5, 0.6) is 0 Å². The molecule has 0 heterocycles. The Hall–Kier alpha value is -0.963. The molecule has 0 spiro atoms. The monoisotopic (exact) mass is 290 g/mol. The molecule has 0 saturated carbocycles. The van der Waals surface area contributed by atoms with E-state index < -0.39 is 14.2 Å². The molecule has 0 aliphatic heterocycles. The maximum absolute atomic E-state index is 9.62. The lowest BCUT2D eigenvalue weighted by molar-refractivity contribution is 0.280. The predicted octanol–water partition coefficient (Wildman–Crippen LogP) is 4.54. The number of aliphatic hydroxyl groups is 1. The summed E-state index contributed by atoms with van der Waals surface area (Å²) in [5, 5.41) is 9.62. The van der Waals surface area contributed by atoms with Crippen LogP contribution in [0.4, 0.5) is 0 Å². The van der Waals surface area contributed by atoms with Gasteiger partial charge in [0.2, 0.25) is 0 Å². The third kappa shape index (κ3) is 5.20. The first-order chi connectivity index (χ1) is 9.28. The average Bonchev–Trinajstić information content (AvgIpc) is 2.34. The molecule has 1 atom stereocenters. The minimum absolute atomic E-state index is 0.613. The van der Waals surface area contributed by atoms with Gasteiger partial charge in [-0.3, -0.25) is 0 Å². The highest BCUT2D eigenvalue weighted by molar-refractivity contribution is 6.90. The summed E-state index contributed by atoms with van der Waals surface area (Å²) in [5.74, 6) is 8.64. The van der Waals surface area contributed by atoms with Crippen molar-refractivity contribution in [2.45, 2.75) is 77.6 Å². The topological polar surface area (TPSA) is 20.2 Å². The lowest BCUT2D eigenvalue weighted by Gasteiger charge is -2.37. The molecule has 0 rings (SSSR count). The summed E-state index contributed by atoms with van der Waals surface area (Å²) in [6.07, 6.45) is 3.85. The van der Waals surface area contributed by atoms with E-state index in [9.17, 15) is 5.11 Å². The van der Waals surface area contributed by atoms with Gasteiger partial charge in [0.05, 0.1) is 0 Å². The molecule has 0 aliphatic carbocycles. The molecule has 0 aromatic rings. The van der Waals surface area contributed by atoms with Crippen LogP contribution >= 0.6 is 0 Å². The SMILES string of the molecule is CC/C=C/C(O)C#CC#C[Si](C(C)C)(C(C)C)C(C)C. The van der Waals surface area contributed by atoms with Crippen LogP contribution in [-0.2, 0) is 0 Å². The first-order valence-electron chi connectivity index (χ1n) is 7.66. The van der Waals surface area contributed by atoms with Gasteiger partial charge in [-0.2, -0.15) is 0 Å². The van der Waals surface area contributed by atoms with Crippen molar-refractivity contribution >= 4 is 8.07 Å². The number of hydrogen-bond acceptors (Lipinski definition) is 1. The summed E-state index contributed by atoms with van der Waals surface area (Å²) >= 11 is 0. The highest BCUT2D eigenvalue weighted by Crippen LogP contribution is 2.40. The Labute approximate surface area is 126 Å². The molecule has 0 aromatic heterocycles. The summed E-state index contributed by atoms with van der Waals surface area (Å²) in [4.78, 5) is 0. The van der Waals surface area contributed by atoms with Crippen molar-refractivity contribution in [2.24, 2.45) is 0 Å². The van der Waals surface area contributed by atoms with Crippen LogP contribution in [0.25, 0.3) is 0 Å². The van der Waals surface area contributed by atoms with Crippen molar-refractivity contribution in [1.29, 1.82) is 0 Å². The van der Waals surface area contributed by atoms with Gasteiger partial charge in [0.1, 0.15) is 14.2 Å². The second kappa shape index (κ2) is 9.06. The van der Waals surface area contributed by atoms with Crippen LogP contribution in [0, 0.1) is 23.3 Å². The van der Waals surface area contributed by atoms with Crippen LogP contribution in [0.1, 0.15) is 54.9 Å². The van der Waals surface area contributed by atoms with Crippen LogP contribution in [0.15, 0.2) is 12.2 Å². The number of allylic oxidation sites excluding steroid dienone is 1. The quantitative estimate of drug-likeness (QED) is 0.448. The summed E-state index contributed by atoms with van der Waals surface area (Å²) in [5.41, 5.74) is 5.36. The Kier molecular flexibility index (Phi) is 8.62. The Morgan fingerprint density at radius 3 is 1.85 bits per heavy atom. The number of aliphatic hydroxyl groups excluding tert-OH is 1. The van der Waals surface area contributed by atoms with Gasteiger partial charge < -0.3 is 5.11 Å². The molecule has 0 bridgehead atoms. The van der Waals surface area contributed by atoms with Gasteiger partial charge >= 0.3 is 0 Å². The fraction of sp³-hybridized carbons (Fsp3) is 0.667. The number of rotatable bonds is 5. The molecule has 2 heteroatoms. The average molecular weight is 291 g/mol. The molecular formula is C18H30OSi. The fourth-order valence-electron chi connectivity index (χ4n) is 3.00. The summed E-state index contributed by atoms with van der Waals surface area (Å²) in [6.45, 7) is 15.7. The number of hydrogen-bond donors (Lipinski definition) is 1. The first kappa shape index (κ1) is 19.0. The summed E-state index contributed by atoms with van der Waals surface area (Å²) < 4.78 is 0. The highest BCUT2D eigenvalue weighted by atomic mass is 28.3. The van der Waals surface area contributed by atoms with Crippen molar-refractivity contribution in [3.05, 3.63) is 12.2 Å². The molecule has 0 aromatic carbocycles. The van der Waals surface area contributed by atoms with Gasteiger partial charge in [0.15, 0.2) is 0 Å². The summed E-state index contributed by atoms with van der Waals surface area (Å²) in [6, 6.07) is 0. The molecule has 112 valence electrons. The maximum Gasteiger partial charge on any atom is 0.147 e. The van der Waals surface area contributed by atoms with Crippen LogP contribution < -0.4 is 0 Å². The normalized spacial score (nSPS) is 13.3. The van der Waals surface area contributed by atoms with E-state index in [-0.39, 0.29) is 0 Å². The van der Waals surface area contributed by atoms with Crippen molar-refractivity contribution in [2.75, 3.05) is 0 Å². The predicted molar refractivity (Wildman–Crippen MR) is 92.0 cm³/mol. The van der Waals surface area contributed by atoms with Gasteiger partial charge in [0, 0.05) is 0 Å². The van der Waals surface area contributed by atoms with E-state index in [0.717, 1.165) is 6.42 Å². The minimum Gasteiger partial charge on any atom is -0.377 e. The summed E-state index contributed by atoms with van der Waals surface area (Å²) in [7, 11) is -1.69. The maximum atomic E-state index is 9.62. The van der Waals surface area contributed by atoms with Crippen LogP contribution in [0.2, 0.25) is 16.6 Å². The van der Waals surface area contributed by atoms with Crippen molar-refractivity contribution in [3.8, 4) is 23.3 Å². The molecule has 0 radical (unpaired) electrons. The van der Waals surface area contributed by atoms with Crippen LogP contribution in [0.3, 0.4) is 0 Å². The van der Waals surface area contributed by atoms with Gasteiger partial charge in [-0.15, -0.1) is 5.54 Å². The molecule has 0 saturated heterocycles. The van der Waals surface area contributed by atoms with E-state index >= 15 is 0 Å². The second-order valence-corrected chi connectivity index (χ2v) is 11.8. The molecule has 1 nitrogen and oxygen atoms in total. The van der Waals surface area contributed by atoms with Crippen LogP contribution in [-0.4, -0.2) is 19.3 Å². The van der Waals surface area contributed by atoms with E-state index in [4.69, 9.17) is 0 Å². The molecule has 0 fully saturated rings. The Morgan fingerprint density at radius 1 is 0.950 bits per heavy atom. The Bertz CT molecular complexity index is 402.